The number of benzene rings is 2. The van der Waals surface area contributed by atoms with Crippen LogP contribution in [-0.4, -0.2) is 37.1 Å². The Morgan fingerprint density at radius 2 is 1.68 bits per heavy atom. The summed E-state index contributed by atoms with van der Waals surface area (Å²) in [7, 11) is 0. The Kier molecular flexibility index (Phi) is 5.42. The molecule has 0 amide bonds. The maximum absolute atomic E-state index is 12.8. The highest BCUT2D eigenvalue weighted by atomic mass is 19.4. The molecule has 0 spiro atoms. The number of hydrazine groups is 1. The fraction of sp³-hybridized carbons (Fsp3) is 0.429. The molecule has 2 aromatic rings. The first-order chi connectivity index (χ1) is 13.4. The van der Waals surface area contributed by atoms with E-state index in [9.17, 15) is 13.2 Å². The number of nitrogens with zero attached hydrogens (tertiary/aromatic N) is 1. The molecule has 2 aromatic carbocycles. The second-order valence-electron chi connectivity index (χ2n) is 7.78. The van der Waals surface area contributed by atoms with Crippen molar-refractivity contribution in [3.8, 4) is 0 Å². The van der Waals surface area contributed by atoms with E-state index in [0.29, 0.717) is 5.92 Å². The first kappa shape index (κ1) is 19.4. The molecule has 0 aromatic heterocycles. The number of likely N-dealkylation sites (tertiary alicyclic amines) is 1. The molecule has 150 valence electrons. The van der Waals surface area contributed by atoms with Crippen molar-refractivity contribution >= 4 is 0 Å². The van der Waals surface area contributed by atoms with Crippen molar-refractivity contribution in [1.29, 1.82) is 0 Å². The van der Waals surface area contributed by atoms with E-state index in [0.717, 1.165) is 43.9 Å². The Hall–Kier alpha value is -1.93. The average molecular weight is 390 g/mol. The van der Waals surface area contributed by atoms with Gasteiger partial charge < -0.3 is 10.6 Å². The van der Waals surface area contributed by atoms with E-state index in [2.05, 4.69) is 27.9 Å². The van der Waals surface area contributed by atoms with Crippen molar-refractivity contribution in [1.82, 2.24) is 15.8 Å². The zero-order chi connectivity index (χ0) is 19.7. The van der Waals surface area contributed by atoms with E-state index in [4.69, 9.17) is 5.73 Å². The minimum atomic E-state index is -4.31. The Labute approximate surface area is 162 Å². The lowest BCUT2D eigenvalue weighted by atomic mass is 9.93. The Morgan fingerprint density at radius 1 is 0.964 bits per heavy atom. The highest BCUT2D eigenvalue weighted by Gasteiger charge is 2.36. The van der Waals surface area contributed by atoms with Gasteiger partial charge in [0, 0.05) is 44.1 Å². The van der Waals surface area contributed by atoms with Gasteiger partial charge in [0.2, 0.25) is 0 Å². The third kappa shape index (κ3) is 4.07. The van der Waals surface area contributed by atoms with Crippen molar-refractivity contribution in [3.63, 3.8) is 0 Å². The van der Waals surface area contributed by atoms with Gasteiger partial charge in [-0.05, 0) is 23.3 Å². The number of halogens is 3. The number of nitrogens with two attached hydrogens (primary N) is 1. The molecule has 4 rings (SSSR count). The van der Waals surface area contributed by atoms with E-state index in [1.54, 1.807) is 12.1 Å². The number of rotatable bonds is 4. The molecule has 4 nitrogen and oxygen atoms in total. The molecule has 2 fully saturated rings. The molecule has 2 heterocycles. The van der Waals surface area contributed by atoms with Crippen LogP contribution in [0.3, 0.4) is 0 Å². The Bertz CT molecular complexity index is 778. The lowest BCUT2D eigenvalue weighted by Crippen LogP contribution is -2.33. The molecule has 7 heteroatoms. The summed E-state index contributed by atoms with van der Waals surface area (Å²) < 4.78 is 38.4. The van der Waals surface area contributed by atoms with Gasteiger partial charge in [-0.2, -0.15) is 13.2 Å². The van der Waals surface area contributed by atoms with Gasteiger partial charge in [0.1, 0.15) is 0 Å². The van der Waals surface area contributed by atoms with E-state index in [1.165, 1.54) is 5.56 Å². The normalized spacial score (nSPS) is 28.7. The first-order valence-corrected chi connectivity index (χ1v) is 9.60. The quantitative estimate of drug-likeness (QED) is 0.752. The van der Waals surface area contributed by atoms with Gasteiger partial charge in [0.05, 0.1) is 11.6 Å². The Balaban J connectivity index is 1.42. The second-order valence-corrected chi connectivity index (χ2v) is 7.78. The summed E-state index contributed by atoms with van der Waals surface area (Å²) in [5.41, 5.74) is 14.3. The molecule has 4 atom stereocenters. The van der Waals surface area contributed by atoms with Crippen LogP contribution in [0.1, 0.15) is 28.7 Å². The topological polar surface area (TPSA) is 53.3 Å². The standard InChI is InChI=1S/C21H25F3N4/c22-21(23,24)17-8-6-15(7-9-17)20-16(10-26-27-20)11-28-12-18(19(25)13-28)14-4-2-1-3-5-14/h1-9,16,18-20,26-27H,10-13,25H2/t16?,18-,19+,20?/m0/s1. The van der Waals surface area contributed by atoms with Gasteiger partial charge in [-0.1, -0.05) is 42.5 Å². The number of hydrogen-bond donors (Lipinski definition) is 3. The van der Waals surface area contributed by atoms with Crippen LogP contribution in [0.5, 0.6) is 0 Å². The summed E-state index contributed by atoms with van der Waals surface area (Å²) in [5.74, 6) is 0.575. The zero-order valence-electron chi connectivity index (χ0n) is 15.5. The maximum Gasteiger partial charge on any atom is 0.416 e. The largest absolute Gasteiger partial charge is 0.416 e. The summed E-state index contributed by atoms with van der Waals surface area (Å²) in [4.78, 5) is 2.37. The third-order valence-electron chi connectivity index (χ3n) is 5.85. The van der Waals surface area contributed by atoms with E-state index < -0.39 is 11.7 Å². The predicted molar refractivity (Wildman–Crippen MR) is 102 cm³/mol. The summed E-state index contributed by atoms with van der Waals surface area (Å²) in [6, 6.07) is 15.9. The van der Waals surface area contributed by atoms with Crippen LogP contribution in [0, 0.1) is 5.92 Å². The van der Waals surface area contributed by atoms with Crippen LogP contribution < -0.4 is 16.6 Å². The van der Waals surface area contributed by atoms with Crippen LogP contribution in [0.4, 0.5) is 13.2 Å². The fourth-order valence-corrected chi connectivity index (χ4v) is 4.39. The van der Waals surface area contributed by atoms with E-state index >= 15 is 0 Å². The van der Waals surface area contributed by atoms with Crippen molar-refractivity contribution in [2.75, 3.05) is 26.2 Å². The number of nitrogens with one attached hydrogen (secondary N) is 2. The summed E-state index contributed by atoms with van der Waals surface area (Å²) >= 11 is 0. The molecule has 0 radical (unpaired) electrons. The van der Waals surface area contributed by atoms with Crippen LogP contribution in [0.25, 0.3) is 0 Å². The smallest absolute Gasteiger partial charge is 0.326 e. The minimum absolute atomic E-state index is 0.0192. The van der Waals surface area contributed by atoms with E-state index in [-0.39, 0.29) is 18.0 Å². The zero-order valence-corrected chi connectivity index (χ0v) is 15.5. The maximum atomic E-state index is 12.8. The molecule has 2 saturated heterocycles. The van der Waals surface area contributed by atoms with Gasteiger partial charge in [-0.25, -0.2) is 5.43 Å². The van der Waals surface area contributed by atoms with Gasteiger partial charge in [-0.15, -0.1) is 0 Å². The van der Waals surface area contributed by atoms with Gasteiger partial charge in [-0.3, -0.25) is 5.43 Å². The lowest BCUT2D eigenvalue weighted by Gasteiger charge is -2.25. The molecule has 4 N–H and O–H groups in total. The summed E-state index contributed by atoms with van der Waals surface area (Å²) in [6.07, 6.45) is -4.31. The van der Waals surface area contributed by atoms with E-state index in [1.807, 2.05) is 18.2 Å². The molecule has 2 aliphatic heterocycles. The summed E-state index contributed by atoms with van der Waals surface area (Å²) in [5, 5.41) is 0. The fourth-order valence-electron chi connectivity index (χ4n) is 4.39. The molecule has 0 saturated carbocycles. The van der Waals surface area contributed by atoms with Crippen molar-refractivity contribution < 1.29 is 13.2 Å². The molecule has 28 heavy (non-hydrogen) atoms. The van der Waals surface area contributed by atoms with Crippen LogP contribution >= 0.6 is 0 Å². The molecule has 0 bridgehead atoms. The predicted octanol–water partition coefficient (Wildman–Crippen LogP) is 2.90. The highest BCUT2D eigenvalue weighted by Crippen LogP contribution is 2.33. The molecular weight excluding hydrogens is 365 g/mol. The number of hydrogen-bond acceptors (Lipinski definition) is 4. The van der Waals surface area contributed by atoms with Gasteiger partial charge in [0.25, 0.3) is 0 Å². The SMILES string of the molecule is N[C@@H]1CN(CC2CNNC2c2ccc(C(F)(F)F)cc2)C[C@H]1c1ccccc1. The lowest BCUT2D eigenvalue weighted by molar-refractivity contribution is -0.137. The average Bonchev–Trinajstić information content (AvgIpc) is 3.28. The monoisotopic (exact) mass is 390 g/mol. The molecule has 2 aliphatic rings. The van der Waals surface area contributed by atoms with Gasteiger partial charge in [0.15, 0.2) is 0 Å². The molecule has 0 aliphatic carbocycles. The number of alkyl halides is 3. The second kappa shape index (κ2) is 7.83. The molecular formula is C21H25F3N4. The van der Waals surface area contributed by atoms with Crippen LogP contribution in [0.2, 0.25) is 0 Å². The van der Waals surface area contributed by atoms with Crippen molar-refractivity contribution in [3.05, 3.63) is 71.3 Å². The highest BCUT2D eigenvalue weighted by molar-refractivity contribution is 5.28. The van der Waals surface area contributed by atoms with Crippen LogP contribution in [-0.2, 0) is 6.18 Å². The van der Waals surface area contributed by atoms with Crippen molar-refractivity contribution in [2.45, 2.75) is 24.2 Å². The first-order valence-electron chi connectivity index (χ1n) is 9.60. The van der Waals surface area contributed by atoms with Gasteiger partial charge >= 0.3 is 6.18 Å². The summed E-state index contributed by atoms with van der Waals surface area (Å²) in [6.45, 7) is 3.35. The minimum Gasteiger partial charge on any atom is -0.326 e. The van der Waals surface area contributed by atoms with Crippen molar-refractivity contribution in [2.24, 2.45) is 11.7 Å². The Morgan fingerprint density at radius 3 is 2.36 bits per heavy atom. The third-order valence-corrected chi connectivity index (χ3v) is 5.85. The molecule has 2 unspecified atom stereocenters. The van der Waals surface area contributed by atoms with Crippen LogP contribution in [0.15, 0.2) is 54.6 Å².